The van der Waals surface area contributed by atoms with Crippen molar-refractivity contribution < 1.29 is 24.5 Å². The number of benzene rings is 1. The summed E-state index contributed by atoms with van der Waals surface area (Å²) in [7, 11) is 0. The third-order valence-corrected chi connectivity index (χ3v) is 4.59. The summed E-state index contributed by atoms with van der Waals surface area (Å²) in [5.41, 5.74) is 0.305. The molecule has 26 heavy (non-hydrogen) atoms. The minimum Gasteiger partial charge on any atom is -0.483 e. The molecule has 9 nitrogen and oxygen atoms in total. The lowest BCUT2D eigenvalue weighted by molar-refractivity contribution is -0.384. The van der Waals surface area contributed by atoms with Crippen molar-refractivity contribution in [2.24, 2.45) is 0 Å². The van der Waals surface area contributed by atoms with Gasteiger partial charge in [0.1, 0.15) is 11.4 Å². The summed E-state index contributed by atoms with van der Waals surface area (Å²) < 4.78 is 5.96. The van der Waals surface area contributed by atoms with Crippen LogP contribution in [-0.4, -0.2) is 51.1 Å². The highest BCUT2D eigenvalue weighted by Gasteiger charge is 2.40. The number of carbonyl (C=O) groups is 2. The molecule has 1 aromatic carbocycles. The Morgan fingerprint density at radius 1 is 1.46 bits per heavy atom. The number of amides is 2. The van der Waals surface area contributed by atoms with Crippen molar-refractivity contribution in [2.45, 2.75) is 32.3 Å². The van der Waals surface area contributed by atoms with E-state index in [1.165, 1.54) is 18.2 Å². The van der Waals surface area contributed by atoms with E-state index < -0.39 is 10.5 Å². The van der Waals surface area contributed by atoms with Crippen LogP contribution in [0.5, 0.6) is 5.75 Å². The molecule has 1 aromatic rings. The van der Waals surface area contributed by atoms with E-state index in [0.717, 1.165) is 0 Å². The Kier molecular flexibility index (Phi) is 4.41. The van der Waals surface area contributed by atoms with Crippen LogP contribution in [-0.2, 0) is 9.59 Å². The fraction of sp³-hybridized carbons (Fsp3) is 0.412. The minimum absolute atomic E-state index is 0.108. The Morgan fingerprint density at radius 3 is 2.77 bits per heavy atom. The number of hydrogen-bond donors (Lipinski definition) is 1. The number of ether oxygens (including phenoxy) is 1. The quantitative estimate of drug-likeness (QED) is 0.371. The van der Waals surface area contributed by atoms with E-state index in [4.69, 9.17) is 4.74 Å². The third-order valence-electron chi connectivity index (χ3n) is 4.59. The van der Waals surface area contributed by atoms with Crippen LogP contribution in [0, 0.1) is 10.1 Å². The van der Waals surface area contributed by atoms with E-state index in [2.05, 4.69) is 0 Å². The predicted molar refractivity (Wildman–Crippen MR) is 90.2 cm³/mol. The summed E-state index contributed by atoms with van der Waals surface area (Å²) in [6.45, 7) is 3.79. The van der Waals surface area contributed by atoms with Crippen molar-refractivity contribution in [3.63, 3.8) is 0 Å². The van der Waals surface area contributed by atoms with Crippen molar-refractivity contribution in [3.05, 3.63) is 39.4 Å². The van der Waals surface area contributed by atoms with E-state index >= 15 is 0 Å². The molecule has 0 aromatic heterocycles. The molecule has 0 spiro atoms. The number of nitro groups is 1. The zero-order valence-corrected chi connectivity index (χ0v) is 14.5. The van der Waals surface area contributed by atoms with Crippen molar-refractivity contribution >= 4 is 23.7 Å². The van der Waals surface area contributed by atoms with Crippen LogP contribution < -0.4 is 4.74 Å². The van der Waals surface area contributed by atoms with Crippen LogP contribution in [0.4, 0.5) is 5.69 Å². The number of non-ortho nitro benzene ring substituents is 1. The lowest BCUT2D eigenvalue weighted by Crippen LogP contribution is -2.42. The van der Waals surface area contributed by atoms with Gasteiger partial charge in [-0.1, -0.05) is 0 Å². The Labute approximate surface area is 149 Å². The van der Waals surface area contributed by atoms with E-state index in [1.807, 2.05) is 0 Å². The zero-order valence-electron chi connectivity index (χ0n) is 14.5. The number of fused-ring (bicyclic) bond motifs is 1. The second-order valence-electron chi connectivity index (χ2n) is 6.73. The smallest absolute Gasteiger partial charge is 0.270 e. The lowest BCUT2D eigenvalue weighted by Gasteiger charge is -2.39. The van der Waals surface area contributed by atoms with Gasteiger partial charge in [-0.2, -0.15) is 0 Å². The third kappa shape index (κ3) is 3.01. The van der Waals surface area contributed by atoms with E-state index in [0.29, 0.717) is 47.0 Å². The standard InChI is InChI=1S/C17H19N3O6/c1-17(2)13(9-18(23)10-21)16(19-7-3-4-15(19)22)12-8-11(20(24)25)5-6-14(12)26-17/h5-6,8,10,23H,3-4,7,9H2,1-2H3. The highest BCUT2D eigenvalue weighted by Crippen LogP contribution is 2.44. The molecule has 2 aliphatic rings. The summed E-state index contributed by atoms with van der Waals surface area (Å²) in [5, 5.41) is 21.4. The Balaban J connectivity index is 2.25. The minimum atomic E-state index is -0.925. The van der Waals surface area contributed by atoms with Gasteiger partial charge in [-0.15, -0.1) is 0 Å². The van der Waals surface area contributed by atoms with Crippen molar-refractivity contribution in [1.82, 2.24) is 9.96 Å². The van der Waals surface area contributed by atoms with Crippen LogP contribution in [0.25, 0.3) is 5.70 Å². The van der Waals surface area contributed by atoms with Gasteiger partial charge in [0.25, 0.3) is 5.69 Å². The van der Waals surface area contributed by atoms with Crippen molar-refractivity contribution in [1.29, 1.82) is 0 Å². The number of carbonyl (C=O) groups excluding carboxylic acids is 2. The van der Waals surface area contributed by atoms with Crippen LogP contribution in [0.15, 0.2) is 23.8 Å². The van der Waals surface area contributed by atoms with Crippen LogP contribution >= 0.6 is 0 Å². The molecule has 1 N–H and O–H groups in total. The fourth-order valence-electron chi connectivity index (χ4n) is 3.35. The van der Waals surface area contributed by atoms with Gasteiger partial charge in [0.15, 0.2) is 0 Å². The average Bonchev–Trinajstić information content (AvgIpc) is 3.00. The van der Waals surface area contributed by atoms with Gasteiger partial charge in [-0.3, -0.25) is 24.9 Å². The molecule has 2 aliphatic heterocycles. The molecule has 0 atom stereocenters. The Hall–Kier alpha value is -2.94. The molecule has 3 rings (SSSR count). The first-order valence-electron chi connectivity index (χ1n) is 8.17. The lowest BCUT2D eigenvalue weighted by atomic mass is 9.88. The second kappa shape index (κ2) is 6.41. The summed E-state index contributed by atoms with van der Waals surface area (Å²) in [6, 6.07) is 4.20. The first-order chi connectivity index (χ1) is 12.2. The summed E-state index contributed by atoms with van der Waals surface area (Å²) in [4.78, 5) is 35.5. The molecule has 0 unspecified atom stereocenters. The van der Waals surface area contributed by atoms with Crippen molar-refractivity contribution in [2.75, 3.05) is 13.1 Å². The van der Waals surface area contributed by atoms with Gasteiger partial charge in [0, 0.05) is 36.2 Å². The molecule has 9 heteroatoms. The van der Waals surface area contributed by atoms with Crippen LogP contribution in [0.3, 0.4) is 0 Å². The molecule has 138 valence electrons. The predicted octanol–water partition coefficient (Wildman–Crippen LogP) is 1.95. The number of hydroxylamine groups is 2. The molecule has 1 saturated heterocycles. The van der Waals surface area contributed by atoms with Crippen molar-refractivity contribution in [3.8, 4) is 5.75 Å². The number of nitro benzene ring substituents is 1. The second-order valence-corrected chi connectivity index (χ2v) is 6.73. The maximum atomic E-state index is 12.4. The first-order valence-corrected chi connectivity index (χ1v) is 8.17. The molecule has 1 fully saturated rings. The largest absolute Gasteiger partial charge is 0.483 e. The fourth-order valence-corrected chi connectivity index (χ4v) is 3.35. The molecule has 0 bridgehead atoms. The van der Waals surface area contributed by atoms with Gasteiger partial charge in [-0.25, -0.2) is 5.06 Å². The first kappa shape index (κ1) is 17.9. The molecule has 0 aliphatic carbocycles. The van der Waals surface area contributed by atoms with Gasteiger partial charge < -0.3 is 9.64 Å². The normalized spacial score (nSPS) is 18.4. The summed E-state index contributed by atoms with van der Waals surface area (Å²) in [5.74, 6) is 0.304. The maximum absolute atomic E-state index is 12.4. The van der Waals surface area contributed by atoms with Gasteiger partial charge in [0.05, 0.1) is 17.2 Å². The van der Waals surface area contributed by atoms with Gasteiger partial charge in [-0.05, 0) is 26.3 Å². The highest BCUT2D eigenvalue weighted by molar-refractivity contribution is 5.92. The van der Waals surface area contributed by atoms with Crippen LogP contribution in [0.2, 0.25) is 0 Å². The highest BCUT2D eigenvalue weighted by atomic mass is 16.6. The SMILES string of the molecule is CC1(C)Oc2ccc([N+](=O)[O-])cc2C(N2CCCC2=O)=C1CN(O)C=O. The van der Waals surface area contributed by atoms with E-state index in [9.17, 15) is 24.9 Å². The zero-order chi connectivity index (χ0) is 19.1. The molecule has 0 saturated carbocycles. The Bertz CT molecular complexity index is 817. The van der Waals surface area contributed by atoms with E-state index in [-0.39, 0.29) is 24.5 Å². The van der Waals surface area contributed by atoms with E-state index in [1.54, 1.807) is 18.7 Å². The number of rotatable bonds is 5. The summed E-state index contributed by atoms with van der Waals surface area (Å²) in [6.07, 6.45) is 1.30. The monoisotopic (exact) mass is 361 g/mol. The van der Waals surface area contributed by atoms with Gasteiger partial charge >= 0.3 is 0 Å². The number of nitrogens with zero attached hydrogens (tertiary/aromatic N) is 3. The molecule has 0 radical (unpaired) electrons. The topological polar surface area (TPSA) is 113 Å². The maximum Gasteiger partial charge on any atom is 0.270 e. The molecule has 2 heterocycles. The number of likely N-dealkylation sites (tertiary alicyclic amines) is 1. The van der Waals surface area contributed by atoms with Crippen LogP contribution in [0.1, 0.15) is 32.3 Å². The molecular formula is C17H19N3O6. The number of hydrogen-bond acceptors (Lipinski definition) is 6. The average molecular weight is 361 g/mol. The summed E-state index contributed by atoms with van der Waals surface area (Å²) >= 11 is 0. The molecular weight excluding hydrogens is 342 g/mol. The van der Waals surface area contributed by atoms with Gasteiger partial charge in [0.2, 0.25) is 12.3 Å². The molecule has 2 amide bonds. The Morgan fingerprint density at radius 2 is 2.19 bits per heavy atom.